The summed E-state index contributed by atoms with van der Waals surface area (Å²) in [6, 6.07) is 0.122. The first-order valence-corrected chi connectivity index (χ1v) is 5.76. The van der Waals surface area contributed by atoms with Gasteiger partial charge in [-0.25, -0.2) is 0 Å². The molecule has 56 valence electrons. The molecule has 0 bridgehead atoms. The molecule has 0 aromatic heterocycles. The largest absolute Gasteiger partial charge is 0.424 e. The van der Waals surface area contributed by atoms with E-state index in [1.165, 1.54) is 0 Å². The third-order valence-corrected chi connectivity index (χ3v) is 3.58. The van der Waals surface area contributed by atoms with Gasteiger partial charge in [-0.1, -0.05) is 6.92 Å². The minimum atomic E-state index is -3.78. The van der Waals surface area contributed by atoms with Crippen molar-refractivity contribution in [3.05, 3.63) is 0 Å². The highest BCUT2D eigenvalue weighted by molar-refractivity contribution is 6.66. The Bertz CT molecular complexity index is 77.4. The number of hydrogen-bond acceptors (Lipinski definition) is 0. The summed E-state index contributed by atoms with van der Waals surface area (Å²) in [4.78, 5) is 0. The van der Waals surface area contributed by atoms with Gasteiger partial charge in [0.2, 0.25) is 0 Å². The van der Waals surface area contributed by atoms with Crippen LogP contribution in [0.25, 0.3) is 0 Å². The van der Waals surface area contributed by atoms with E-state index in [0.717, 1.165) is 0 Å². The maximum absolute atomic E-state index is 12.4. The van der Waals surface area contributed by atoms with Crippen LogP contribution in [-0.4, -0.2) is 14.6 Å². The van der Waals surface area contributed by atoms with Crippen molar-refractivity contribution >= 4 is 20.3 Å². The summed E-state index contributed by atoms with van der Waals surface area (Å²) in [5, 5.41) is 0. The van der Waals surface area contributed by atoms with E-state index in [-0.39, 0.29) is 12.1 Å². The van der Waals surface area contributed by atoms with Gasteiger partial charge in [0.05, 0.1) is 0 Å². The predicted octanol–water partition coefficient (Wildman–Crippen LogP) is 3.02. The lowest BCUT2D eigenvalue weighted by Crippen LogP contribution is -2.19. The Morgan fingerprint density at radius 2 is 2.00 bits per heavy atom. The van der Waals surface area contributed by atoms with Crippen molar-refractivity contribution in [2.75, 3.05) is 5.88 Å². The Balaban J connectivity index is 3.33. The SMILES string of the molecule is CC[Si](F)(F)CCCCl. The molecule has 0 aliphatic rings. The zero-order chi connectivity index (χ0) is 7.33. The van der Waals surface area contributed by atoms with Gasteiger partial charge in [0.1, 0.15) is 0 Å². The van der Waals surface area contributed by atoms with Crippen molar-refractivity contribution in [3.8, 4) is 0 Å². The lowest BCUT2D eigenvalue weighted by Gasteiger charge is -2.07. The van der Waals surface area contributed by atoms with Gasteiger partial charge in [-0.15, -0.1) is 11.6 Å². The van der Waals surface area contributed by atoms with Gasteiger partial charge >= 0.3 is 8.74 Å². The van der Waals surface area contributed by atoms with E-state index in [9.17, 15) is 8.22 Å². The molecular formula is C5H11ClF2Si. The second-order valence-electron chi connectivity index (χ2n) is 2.00. The van der Waals surface area contributed by atoms with Crippen LogP contribution in [0, 0.1) is 0 Å². The van der Waals surface area contributed by atoms with Gasteiger partial charge in [-0.2, -0.15) is 0 Å². The summed E-state index contributed by atoms with van der Waals surface area (Å²) in [7, 11) is -3.78. The second kappa shape index (κ2) is 4.23. The molecule has 0 saturated heterocycles. The quantitative estimate of drug-likeness (QED) is 0.348. The Kier molecular flexibility index (Phi) is 4.40. The van der Waals surface area contributed by atoms with Crippen molar-refractivity contribution in [2.45, 2.75) is 25.4 Å². The molecule has 0 heterocycles. The van der Waals surface area contributed by atoms with E-state index < -0.39 is 8.74 Å². The van der Waals surface area contributed by atoms with Crippen molar-refractivity contribution in [3.63, 3.8) is 0 Å². The number of hydrogen-bond donors (Lipinski definition) is 0. The van der Waals surface area contributed by atoms with Crippen LogP contribution in [0.4, 0.5) is 8.22 Å². The highest BCUT2D eigenvalue weighted by atomic mass is 35.5. The fourth-order valence-electron chi connectivity index (χ4n) is 0.502. The maximum Gasteiger partial charge on any atom is 0.424 e. The van der Waals surface area contributed by atoms with Crippen LogP contribution in [-0.2, 0) is 0 Å². The smallest absolute Gasteiger partial charge is 0.270 e. The molecule has 0 rings (SSSR count). The van der Waals surface area contributed by atoms with Crippen LogP contribution < -0.4 is 0 Å². The van der Waals surface area contributed by atoms with Crippen molar-refractivity contribution < 1.29 is 8.22 Å². The molecule has 0 radical (unpaired) electrons. The van der Waals surface area contributed by atoms with Crippen LogP contribution >= 0.6 is 11.6 Å². The number of alkyl halides is 1. The second-order valence-corrected chi connectivity index (χ2v) is 5.30. The minimum absolute atomic E-state index is 0.0594. The zero-order valence-electron chi connectivity index (χ0n) is 5.46. The van der Waals surface area contributed by atoms with Crippen LogP contribution in [0.5, 0.6) is 0 Å². The third-order valence-electron chi connectivity index (χ3n) is 1.19. The third kappa shape index (κ3) is 4.84. The first-order chi connectivity index (χ1) is 4.12. The van der Waals surface area contributed by atoms with Crippen molar-refractivity contribution in [2.24, 2.45) is 0 Å². The molecule has 0 aromatic rings. The summed E-state index contributed by atoms with van der Waals surface area (Å²) >= 11 is 5.25. The Morgan fingerprint density at radius 1 is 1.44 bits per heavy atom. The summed E-state index contributed by atoms with van der Waals surface area (Å²) in [6.07, 6.45) is 0.467. The van der Waals surface area contributed by atoms with Gasteiger partial charge in [0.25, 0.3) is 0 Å². The topological polar surface area (TPSA) is 0 Å². The molecule has 0 N–H and O–H groups in total. The Morgan fingerprint density at radius 3 is 2.33 bits per heavy atom. The minimum Gasteiger partial charge on any atom is -0.270 e. The van der Waals surface area contributed by atoms with E-state index in [1.807, 2.05) is 0 Å². The number of halogens is 3. The molecule has 0 amide bonds. The van der Waals surface area contributed by atoms with Gasteiger partial charge < -0.3 is 0 Å². The lowest BCUT2D eigenvalue weighted by atomic mass is 10.6. The standard InChI is InChI=1S/C5H11ClF2Si/c1-2-9(7,8)5-3-4-6/h2-5H2,1H3. The van der Waals surface area contributed by atoms with Gasteiger partial charge in [0.15, 0.2) is 0 Å². The molecular weight excluding hydrogens is 162 g/mol. The molecule has 0 spiro atoms. The molecule has 0 fully saturated rings. The maximum atomic E-state index is 12.4. The Labute approximate surface area is 60.6 Å². The Hall–Kier alpha value is 0.367. The van der Waals surface area contributed by atoms with E-state index in [0.29, 0.717) is 12.3 Å². The summed E-state index contributed by atoms with van der Waals surface area (Å²) < 4.78 is 24.8. The van der Waals surface area contributed by atoms with E-state index in [2.05, 4.69) is 0 Å². The highest BCUT2D eigenvalue weighted by Crippen LogP contribution is 2.20. The van der Waals surface area contributed by atoms with E-state index >= 15 is 0 Å². The van der Waals surface area contributed by atoms with E-state index in [1.54, 1.807) is 6.92 Å². The average molecular weight is 173 g/mol. The summed E-state index contributed by atoms with van der Waals surface area (Å²) in [5.41, 5.74) is 0. The molecule has 0 aliphatic carbocycles. The van der Waals surface area contributed by atoms with E-state index in [4.69, 9.17) is 11.6 Å². The molecule has 0 unspecified atom stereocenters. The molecule has 4 heteroatoms. The van der Waals surface area contributed by atoms with Gasteiger partial charge in [-0.3, -0.25) is 8.22 Å². The van der Waals surface area contributed by atoms with Crippen molar-refractivity contribution in [1.29, 1.82) is 0 Å². The van der Waals surface area contributed by atoms with Crippen LogP contribution in [0.1, 0.15) is 13.3 Å². The first-order valence-electron chi connectivity index (χ1n) is 3.06. The first kappa shape index (κ1) is 9.37. The lowest BCUT2D eigenvalue weighted by molar-refractivity contribution is 0.587. The molecule has 0 aromatic carbocycles. The van der Waals surface area contributed by atoms with Crippen LogP contribution in [0.3, 0.4) is 0 Å². The molecule has 0 atom stereocenters. The molecule has 0 saturated carbocycles. The number of rotatable bonds is 4. The van der Waals surface area contributed by atoms with Crippen molar-refractivity contribution in [1.82, 2.24) is 0 Å². The zero-order valence-corrected chi connectivity index (χ0v) is 7.22. The highest BCUT2D eigenvalue weighted by Gasteiger charge is 2.31. The fourth-order valence-corrected chi connectivity index (χ4v) is 1.91. The molecule has 9 heavy (non-hydrogen) atoms. The van der Waals surface area contributed by atoms with Gasteiger partial charge in [-0.05, 0) is 18.5 Å². The fraction of sp³-hybridized carbons (Fsp3) is 1.00. The summed E-state index contributed by atoms with van der Waals surface area (Å²) in [5.74, 6) is 0.364. The van der Waals surface area contributed by atoms with Crippen LogP contribution in [0.15, 0.2) is 0 Å². The normalized spacial score (nSPS) is 12.0. The molecule has 0 aliphatic heterocycles. The van der Waals surface area contributed by atoms with Gasteiger partial charge in [0, 0.05) is 5.88 Å². The monoisotopic (exact) mass is 172 g/mol. The molecule has 0 nitrogen and oxygen atoms in total. The summed E-state index contributed by atoms with van der Waals surface area (Å²) in [6.45, 7) is 1.54. The average Bonchev–Trinajstić information content (AvgIpc) is 1.84. The van der Waals surface area contributed by atoms with Crippen LogP contribution in [0.2, 0.25) is 12.1 Å². The predicted molar refractivity (Wildman–Crippen MR) is 38.6 cm³/mol.